The van der Waals surface area contributed by atoms with Crippen molar-refractivity contribution < 1.29 is 4.74 Å². The van der Waals surface area contributed by atoms with Gasteiger partial charge in [-0.2, -0.15) is 20.6 Å². The highest BCUT2D eigenvalue weighted by Gasteiger charge is 2.31. The third-order valence-electron chi connectivity index (χ3n) is 5.84. The Balaban J connectivity index is 1.45. The molecule has 10 nitrogen and oxygen atoms in total. The van der Waals surface area contributed by atoms with Gasteiger partial charge < -0.3 is 10.1 Å². The van der Waals surface area contributed by atoms with Crippen molar-refractivity contribution >= 4 is 17.4 Å². The van der Waals surface area contributed by atoms with Gasteiger partial charge in [-0.15, -0.1) is 0 Å². The van der Waals surface area contributed by atoms with Gasteiger partial charge >= 0.3 is 0 Å². The summed E-state index contributed by atoms with van der Waals surface area (Å²) in [5.74, 6) is 0.118. The first-order valence-corrected chi connectivity index (χ1v) is 10.5. The van der Waals surface area contributed by atoms with E-state index in [1.807, 2.05) is 16.9 Å². The molecule has 1 saturated heterocycles. The minimum atomic E-state index is -0.144. The summed E-state index contributed by atoms with van der Waals surface area (Å²) in [6, 6.07) is 4.46. The summed E-state index contributed by atoms with van der Waals surface area (Å²) in [6.45, 7) is 0.717. The molecule has 31 heavy (non-hydrogen) atoms. The Morgan fingerprint density at radius 1 is 1.32 bits per heavy atom. The van der Waals surface area contributed by atoms with Crippen molar-refractivity contribution in [3.8, 4) is 17.3 Å². The smallest absolute Gasteiger partial charge is 0.142 e. The number of nitrogens with zero attached hydrogens (tertiary/aromatic N) is 7. The highest BCUT2D eigenvalue weighted by atomic mass is 16.5. The van der Waals surface area contributed by atoms with E-state index in [0.717, 1.165) is 55.5 Å². The fraction of sp³-hybridized carbons (Fsp3) is 0.429. The molecule has 1 unspecified atom stereocenters. The molecule has 0 spiro atoms. The summed E-state index contributed by atoms with van der Waals surface area (Å²) >= 11 is 0. The zero-order valence-electron chi connectivity index (χ0n) is 17.0. The van der Waals surface area contributed by atoms with Crippen molar-refractivity contribution in [2.75, 3.05) is 6.61 Å². The van der Waals surface area contributed by atoms with E-state index in [1.165, 1.54) is 6.21 Å². The normalized spacial score (nSPS) is 23.8. The molecule has 0 radical (unpaired) electrons. The molecule has 0 bridgehead atoms. The van der Waals surface area contributed by atoms with E-state index in [9.17, 15) is 0 Å². The molecular weight excluding hydrogens is 394 g/mol. The standard InChI is InChI=1S/C21H23N9O/c22-9-14-7-16(8-14)29-12-15(11-25-29)21-19-4-5-24-30(19)13-18(26-21)17(10-23)27-28-20-3-1-2-6-31-20/h4-5,10-14,16,20,23,28H,1-3,6-8H2/b23-10?,27-17+. The van der Waals surface area contributed by atoms with Crippen LogP contribution in [0.4, 0.5) is 0 Å². The first-order chi connectivity index (χ1) is 15.2. The van der Waals surface area contributed by atoms with Crippen molar-refractivity contribution in [1.82, 2.24) is 29.8 Å². The topological polar surface area (TPSA) is 129 Å². The van der Waals surface area contributed by atoms with Crippen LogP contribution in [0.2, 0.25) is 0 Å². The van der Waals surface area contributed by atoms with Crippen molar-refractivity contribution in [2.24, 2.45) is 11.0 Å². The fourth-order valence-corrected chi connectivity index (χ4v) is 3.98. The Hall–Kier alpha value is -3.58. The Morgan fingerprint density at radius 3 is 3.00 bits per heavy atom. The maximum atomic E-state index is 9.02. The van der Waals surface area contributed by atoms with E-state index in [2.05, 4.69) is 26.8 Å². The Labute approximate surface area is 179 Å². The number of hydrogen-bond acceptors (Lipinski definition) is 8. The molecule has 0 amide bonds. The van der Waals surface area contributed by atoms with Crippen LogP contribution in [0, 0.1) is 22.7 Å². The van der Waals surface area contributed by atoms with E-state index in [1.54, 1.807) is 23.1 Å². The zero-order chi connectivity index (χ0) is 21.2. The van der Waals surface area contributed by atoms with Crippen LogP contribution in [-0.4, -0.2) is 49.1 Å². The second-order valence-corrected chi connectivity index (χ2v) is 7.92. The number of fused-ring (bicyclic) bond motifs is 1. The molecule has 5 rings (SSSR count). The monoisotopic (exact) mass is 417 g/mol. The number of rotatable bonds is 6. The molecule has 1 aliphatic carbocycles. The lowest BCUT2D eigenvalue weighted by Gasteiger charge is -2.30. The number of nitriles is 1. The van der Waals surface area contributed by atoms with Crippen molar-refractivity contribution in [3.05, 3.63) is 36.5 Å². The molecule has 4 heterocycles. The molecule has 0 aromatic carbocycles. The first-order valence-electron chi connectivity index (χ1n) is 10.5. The molecule has 158 valence electrons. The summed E-state index contributed by atoms with van der Waals surface area (Å²) < 4.78 is 9.31. The van der Waals surface area contributed by atoms with Gasteiger partial charge in [0, 0.05) is 24.6 Å². The molecule has 1 aliphatic heterocycles. The zero-order valence-corrected chi connectivity index (χ0v) is 17.0. The third-order valence-corrected chi connectivity index (χ3v) is 5.84. The van der Waals surface area contributed by atoms with Crippen LogP contribution in [0.15, 0.2) is 36.0 Å². The third kappa shape index (κ3) is 3.80. The predicted molar refractivity (Wildman–Crippen MR) is 114 cm³/mol. The van der Waals surface area contributed by atoms with Gasteiger partial charge in [0.1, 0.15) is 17.6 Å². The van der Waals surface area contributed by atoms with Crippen LogP contribution < -0.4 is 5.43 Å². The van der Waals surface area contributed by atoms with Crippen LogP contribution in [0.3, 0.4) is 0 Å². The number of hydrogen-bond donors (Lipinski definition) is 2. The van der Waals surface area contributed by atoms with Crippen LogP contribution in [0.1, 0.15) is 43.8 Å². The second-order valence-electron chi connectivity index (χ2n) is 7.92. The average Bonchev–Trinajstić information content (AvgIpc) is 3.43. The van der Waals surface area contributed by atoms with E-state index in [4.69, 9.17) is 20.4 Å². The number of nitrogens with one attached hydrogen (secondary N) is 2. The molecule has 2 aliphatic rings. The van der Waals surface area contributed by atoms with E-state index in [-0.39, 0.29) is 18.2 Å². The van der Waals surface area contributed by atoms with Gasteiger partial charge in [0.25, 0.3) is 0 Å². The van der Waals surface area contributed by atoms with Gasteiger partial charge in [0.15, 0.2) is 0 Å². The van der Waals surface area contributed by atoms with E-state index in [0.29, 0.717) is 11.4 Å². The van der Waals surface area contributed by atoms with E-state index < -0.39 is 0 Å². The Kier molecular flexibility index (Phi) is 5.18. The summed E-state index contributed by atoms with van der Waals surface area (Å²) in [5, 5.41) is 30.1. The molecule has 2 fully saturated rings. The molecule has 2 N–H and O–H groups in total. The van der Waals surface area contributed by atoms with Crippen molar-refractivity contribution in [3.63, 3.8) is 0 Å². The van der Waals surface area contributed by atoms with Gasteiger partial charge in [-0.25, -0.2) is 9.50 Å². The number of ether oxygens (including phenoxy) is 1. The molecule has 3 aromatic rings. The maximum Gasteiger partial charge on any atom is 0.142 e. The van der Waals surface area contributed by atoms with Crippen LogP contribution in [0.25, 0.3) is 16.8 Å². The molecule has 10 heteroatoms. The maximum absolute atomic E-state index is 9.02. The van der Waals surface area contributed by atoms with Crippen LogP contribution in [0.5, 0.6) is 0 Å². The first kappa shape index (κ1) is 19.4. The predicted octanol–water partition coefficient (Wildman–Crippen LogP) is 2.54. The summed E-state index contributed by atoms with van der Waals surface area (Å²) in [6.07, 6.45) is 13.0. The van der Waals surface area contributed by atoms with Gasteiger partial charge in [0.05, 0.1) is 47.8 Å². The number of hydrazone groups is 1. The highest BCUT2D eigenvalue weighted by molar-refractivity contribution is 6.36. The van der Waals surface area contributed by atoms with Gasteiger partial charge in [-0.05, 0) is 38.2 Å². The lowest BCUT2D eigenvalue weighted by molar-refractivity contribution is -0.00444. The van der Waals surface area contributed by atoms with E-state index >= 15 is 0 Å². The summed E-state index contributed by atoms with van der Waals surface area (Å²) in [4.78, 5) is 4.80. The average molecular weight is 417 g/mol. The van der Waals surface area contributed by atoms with Crippen molar-refractivity contribution in [1.29, 1.82) is 10.7 Å². The van der Waals surface area contributed by atoms with Gasteiger partial charge in [-0.3, -0.25) is 10.1 Å². The molecule has 1 saturated carbocycles. The van der Waals surface area contributed by atoms with Crippen LogP contribution in [-0.2, 0) is 4.74 Å². The molecule has 1 atom stereocenters. The lowest BCUT2D eigenvalue weighted by atomic mass is 9.81. The van der Waals surface area contributed by atoms with Gasteiger partial charge in [0.2, 0.25) is 0 Å². The Morgan fingerprint density at radius 2 is 2.23 bits per heavy atom. The lowest BCUT2D eigenvalue weighted by Crippen LogP contribution is -2.32. The minimum absolute atomic E-state index is 0.118. The highest BCUT2D eigenvalue weighted by Crippen LogP contribution is 2.37. The fourth-order valence-electron chi connectivity index (χ4n) is 3.98. The quantitative estimate of drug-likeness (QED) is 0.468. The second kappa shape index (κ2) is 8.28. The summed E-state index contributed by atoms with van der Waals surface area (Å²) in [5.41, 5.74) is 6.38. The SMILES string of the molecule is N#CC1CC(n2cc(-c3nc(/C(C=N)=N/NC4CCCCO4)cn4nccc34)cn2)C1. The summed E-state index contributed by atoms with van der Waals surface area (Å²) in [7, 11) is 0. The Bertz CT molecular complexity index is 1160. The molecule has 3 aromatic heterocycles. The number of aromatic nitrogens is 5. The largest absolute Gasteiger partial charge is 0.357 e. The molecular formula is C21H23N9O. The van der Waals surface area contributed by atoms with Crippen LogP contribution >= 0.6 is 0 Å². The van der Waals surface area contributed by atoms with Crippen molar-refractivity contribution in [2.45, 2.75) is 44.4 Å². The minimum Gasteiger partial charge on any atom is -0.357 e. The van der Waals surface area contributed by atoms with Gasteiger partial charge in [-0.1, -0.05) is 0 Å².